The van der Waals surface area contributed by atoms with Crippen molar-refractivity contribution >= 4 is 34.5 Å². The maximum absolute atomic E-state index is 12.1. The molecular formula is C18H22N8OS. The Balaban J connectivity index is 1.53. The van der Waals surface area contributed by atoms with Gasteiger partial charge in [-0.1, -0.05) is 18.7 Å². The Labute approximate surface area is 167 Å². The molecule has 3 aromatic rings. The largest absolute Gasteiger partial charge is 0.356 e. The molecule has 0 saturated carbocycles. The van der Waals surface area contributed by atoms with Gasteiger partial charge >= 0.3 is 0 Å². The van der Waals surface area contributed by atoms with Crippen molar-refractivity contribution in [1.29, 1.82) is 0 Å². The predicted octanol–water partition coefficient (Wildman–Crippen LogP) is 1.76. The third kappa shape index (κ3) is 3.91. The van der Waals surface area contributed by atoms with E-state index in [-0.39, 0.29) is 5.91 Å². The summed E-state index contributed by atoms with van der Waals surface area (Å²) in [6.07, 6.45) is 8.68. The van der Waals surface area contributed by atoms with Crippen LogP contribution in [0.25, 0.3) is 11.0 Å². The first-order valence-corrected chi connectivity index (χ1v) is 10.4. The first-order chi connectivity index (χ1) is 13.8. The number of carbonyl (C=O) groups excluding carboxylic acids is 1. The average molecular weight is 398 g/mol. The van der Waals surface area contributed by atoms with Gasteiger partial charge in [0.15, 0.2) is 10.8 Å². The van der Waals surface area contributed by atoms with Crippen molar-refractivity contribution in [2.75, 3.05) is 30.3 Å². The summed E-state index contributed by atoms with van der Waals surface area (Å²) in [5, 5.41) is 9.07. The van der Waals surface area contributed by atoms with E-state index in [4.69, 9.17) is 9.97 Å². The highest BCUT2D eigenvalue weighted by atomic mass is 32.2. The summed E-state index contributed by atoms with van der Waals surface area (Å²) in [7, 11) is 0. The summed E-state index contributed by atoms with van der Waals surface area (Å²) < 4.78 is 1.83. The second-order valence-corrected chi connectivity index (χ2v) is 7.64. The number of hydrogen-bond donors (Lipinski definition) is 1. The summed E-state index contributed by atoms with van der Waals surface area (Å²) >= 11 is 1.63. The van der Waals surface area contributed by atoms with Crippen LogP contribution in [0, 0.1) is 0 Å². The number of amides is 1. The minimum Gasteiger partial charge on any atom is -0.356 e. The molecule has 1 fully saturated rings. The van der Waals surface area contributed by atoms with Gasteiger partial charge in [-0.15, -0.1) is 0 Å². The molecule has 10 heteroatoms. The fraction of sp³-hybridized carbons (Fsp3) is 0.444. The molecule has 3 aromatic heterocycles. The van der Waals surface area contributed by atoms with E-state index in [1.165, 1.54) is 31.4 Å². The first kappa shape index (κ1) is 18.6. The van der Waals surface area contributed by atoms with Crippen LogP contribution < -0.4 is 10.2 Å². The Morgan fingerprint density at radius 3 is 2.82 bits per heavy atom. The van der Waals surface area contributed by atoms with Crippen LogP contribution in [0.5, 0.6) is 0 Å². The lowest BCUT2D eigenvalue weighted by Crippen LogP contribution is -2.28. The molecule has 1 aliphatic heterocycles. The molecule has 0 aliphatic carbocycles. The lowest BCUT2D eigenvalue weighted by molar-refractivity contribution is 0.0946. The molecule has 4 heterocycles. The first-order valence-electron chi connectivity index (χ1n) is 9.41. The van der Waals surface area contributed by atoms with Gasteiger partial charge in [0.1, 0.15) is 11.5 Å². The Morgan fingerprint density at radius 2 is 2.07 bits per heavy atom. The number of rotatable bonds is 7. The number of aromatic nitrogens is 6. The van der Waals surface area contributed by atoms with Crippen LogP contribution in [-0.4, -0.2) is 61.0 Å². The molecule has 0 unspecified atom stereocenters. The molecule has 0 aromatic carbocycles. The monoisotopic (exact) mass is 398 g/mol. The van der Waals surface area contributed by atoms with E-state index >= 15 is 0 Å². The lowest BCUT2D eigenvalue weighted by Gasteiger charge is -2.17. The minimum absolute atomic E-state index is 0.251. The zero-order valence-corrected chi connectivity index (χ0v) is 16.5. The van der Waals surface area contributed by atoms with Crippen LogP contribution in [0.2, 0.25) is 0 Å². The normalized spacial score (nSPS) is 14.0. The number of fused-ring (bicyclic) bond motifs is 1. The Bertz CT molecular complexity index is 955. The van der Waals surface area contributed by atoms with Gasteiger partial charge in [0.25, 0.3) is 5.91 Å². The summed E-state index contributed by atoms with van der Waals surface area (Å²) in [6.45, 7) is 5.06. The van der Waals surface area contributed by atoms with Crippen molar-refractivity contribution in [2.24, 2.45) is 0 Å². The molecular weight excluding hydrogens is 376 g/mol. The second kappa shape index (κ2) is 8.51. The van der Waals surface area contributed by atoms with Gasteiger partial charge in [0, 0.05) is 32.0 Å². The van der Waals surface area contributed by atoms with Gasteiger partial charge in [-0.3, -0.25) is 9.78 Å². The van der Waals surface area contributed by atoms with Crippen molar-refractivity contribution in [1.82, 2.24) is 35.0 Å². The Kier molecular flexibility index (Phi) is 5.65. The summed E-state index contributed by atoms with van der Waals surface area (Å²) in [6, 6.07) is 0. The molecule has 4 rings (SSSR count). The standard InChI is InChI=1S/C18H22N8OS/c1-2-28-18-23-15(25-8-3-4-9-25)13-11-22-26(16(13)24-18)10-7-21-17(27)14-12-19-5-6-20-14/h5-6,11-12H,2-4,7-10H2,1H3,(H,21,27). The quantitative estimate of drug-likeness (QED) is 0.474. The Morgan fingerprint density at radius 1 is 1.21 bits per heavy atom. The molecule has 28 heavy (non-hydrogen) atoms. The lowest BCUT2D eigenvalue weighted by atomic mass is 10.3. The van der Waals surface area contributed by atoms with Crippen LogP contribution >= 0.6 is 11.8 Å². The van der Waals surface area contributed by atoms with Crippen LogP contribution in [0.1, 0.15) is 30.3 Å². The topological polar surface area (TPSA) is 102 Å². The van der Waals surface area contributed by atoms with Gasteiger partial charge < -0.3 is 10.2 Å². The van der Waals surface area contributed by atoms with Crippen molar-refractivity contribution in [3.63, 3.8) is 0 Å². The highest BCUT2D eigenvalue weighted by Gasteiger charge is 2.20. The summed E-state index contributed by atoms with van der Waals surface area (Å²) in [5.74, 6) is 1.63. The van der Waals surface area contributed by atoms with E-state index < -0.39 is 0 Å². The van der Waals surface area contributed by atoms with E-state index in [0.717, 1.165) is 40.9 Å². The van der Waals surface area contributed by atoms with E-state index in [0.29, 0.717) is 18.8 Å². The van der Waals surface area contributed by atoms with Crippen LogP contribution in [0.3, 0.4) is 0 Å². The van der Waals surface area contributed by atoms with E-state index in [1.807, 2.05) is 10.9 Å². The van der Waals surface area contributed by atoms with Crippen molar-refractivity contribution < 1.29 is 4.79 Å². The highest BCUT2D eigenvalue weighted by molar-refractivity contribution is 7.99. The fourth-order valence-corrected chi connectivity index (χ4v) is 3.79. The number of hydrogen-bond acceptors (Lipinski definition) is 8. The highest BCUT2D eigenvalue weighted by Crippen LogP contribution is 2.29. The third-order valence-corrected chi connectivity index (χ3v) is 5.27. The van der Waals surface area contributed by atoms with E-state index in [9.17, 15) is 4.79 Å². The zero-order chi connectivity index (χ0) is 19.3. The number of anilines is 1. The number of thioether (sulfide) groups is 1. The van der Waals surface area contributed by atoms with Gasteiger partial charge in [0.05, 0.1) is 24.3 Å². The summed E-state index contributed by atoms with van der Waals surface area (Å²) in [5.41, 5.74) is 1.11. The van der Waals surface area contributed by atoms with Crippen molar-refractivity contribution in [3.05, 3.63) is 30.5 Å². The number of nitrogens with zero attached hydrogens (tertiary/aromatic N) is 7. The van der Waals surface area contributed by atoms with Gasteiger partial charge in [-0.05, 0) is 18.6 Å². The van der Waals surface area contributed by atoms with Crippen LogP contribution in [0.4, 0.5) is 5.82 Å². The van der Waals surface area contributed by atoms with Crippen LogP contribution in [0.15, 0.2) is 29.9 Å². The molecule has 146 valence electrons. The van der Waals surface area contributed by atoms with Crippen molar-refractivity contribution in [2.45, 2.75) is 31.5 Å². The molecule has 0 spiro atoms. The fourth-order valence-electron chi connectivity index (χ4n) is 3.23. The van der Waals surface area contributed by atoms with Gasteiger partial charge in [0.2, 0.25) is 0 Å². The van der Waals surface area contributed by atoms with Crippen molar-refractivity contribution in [3.8, 4) is 0 Å². The maximum atomic E-state index is 12.1. The second-order valence-electron chi connectivity index (χ2n) is 6.41. The molecule has 0 radical (unpaired) electrons. The molecule has 9 nitrogen and oxygen atoms in total. The smallest absolute Gasteiger partial charge is 0.271 e. The SMILES string of the molecule is CCSc1nc(N2CCCC2)c2cnn(CCNC(=O)c3cnccn3)c2n1. The van der Waals surface area contributed by atoms with Gasteiger partial charge in [-0.25, -0.2) is 19.6 Å². The average Bonchev–Trinajstić information content (AvgIpc) is 3.39. The molecule has 0 bridgehead atoms. The van der Waals surface area contributed by atoms with Gasteiger partial charge in [-0.2, -0.15) is 5.10 Å². The predicted molar refractivity (Wildman–Crippen MR) is 108 cm³/mol. The Hall–Kier alpha value is -2.75. The van der Waals surface area contributed by atoms with E-state index in [1.54, 1.807) is 11.8 Å². The molecule has 1 aliphatic rings. The third-order valence-electron chi connectivity index (χ3n) is 4.54. The minimum atomic E-state index is -0.251. The van der Waals surface area contributed by atoms with E-state index in [2.05, 4.69) is 32.2 Å². The number of carbonyl (C=O) groups is 1. The molecule has 0 atom stereocenters. The maximum Gasteiger partial charge on any atom is 0.271 e. The number of nitrogens with one attached hydrogen (secondary N) is 1. The zero-order valence-electron chi connectivity index (χ0n) is 15.7. The molecule has 1 amide bonds. The molecule has 1 saturated heterocycles. The molecule has 1 N–H and O–H groups in total. The van der Waals surface area contributed by atoms with Crippen LogP contribution in [-0.2, 0) is 6.54 Å². The summed E-state index contributed by atoms with van der Waals surface area (Å²) in [4.78, 5) is 31.8.